The van der Waals surface area contributed by atoms with E-state index in [1.54, 1.807) is 48.5 Å². The highest BCUT2D eigenvalue weighted by Crippen LogP contribution is 2.38. The van der Waals surface area contributed by atoms with Gasteiger partial charge in [0.2, 0.25) is 5.91 Å². The summed E-state index contributed by atoms with van der Waals surface area (Å²) in [6.07, 6.45) is 0.544. The number of amides is 2. The molecule has 0 radical (unpaired) electrons. The number of hydrazone groups is 1. The molecule has 0 saturated heterocycles. The molecule has 7 nitrogen and oxygen atoms in total. The number of carbonyl (C=O) groups excluding carboxylic acids is 2. The van der Waals surface area contributed by atoms with Crippen LogP contribution in [0.3, 0.4) is 0 Å². The highest BCUT2D eigenvalue weighted by Gasteiger charge is 2.39. The number of rotatable bonds is 6. The summed E-state index contributed by atoms with van der Waals surface area (Å²) in [6, 6.07) is 22.8. The van der Waals surface area contributed by atoms with Crippen molar-refractivity contribution in [2.75, 3.05) is 12.4 Å². The molecule has 9 heteroatoms. The minimum absolute atomic E-state index is 0.0297. The zero-order chi connectivity index (χ0) is 25.1. The van der Waals surface area contributed by atoms with E-state index in [9.17, 15) is 14.0 Å². The average molecular weight is 503 g/mol. The van der Waals surface area contributed by atoms with Crippen molar-refractivity contribution in [2.45, 2.75) is 24.1 Å². The van der Waals surface area contributed by atoms with Gasteiger partial charge in [-0.2, -0.15) is 10.1 Å². The molecule has 0 aromatic heterocycles. The fourth-order valence-corrected chi connectivity index (χ4v) is 5.18. The molecule has 0 fully saturated rings. The van der Waals surface area contributed by atoms with E-state index in [-0.39, 0.29) is 30.1 Å². The largest absolute Gasteiger partial charge is 0.497 e. The summed E-state index contributed by atoms with van der Waals surface area (Å²) >= 11 is 1.22. The minimum Gasteiger partial charge on any atom is -0.497 e. The number of methoxy groups -OCH3 is 1. The van der Waals surface area contributed by atoms with Crippen LogP contribution in [0.25, 0.3) is 0 Å². The van der Waals surface area contributed by atoms with Gasteiger partial charge in [0.05, 0.1) is 18.9 Å². The molecule has 182 valence electrons. The third-order valence-corrected chi connectivity index (χ3v) is 7.06. The number of nitrogens with zero attached hydrogens (tertiary/aromatic N) is 3. The second-order valence-electron chi connectivity index (χ2n) is 8.35. The number of thioether (sulfide) groups is 1. The van der Waals surface area contributed by atoms with Gasteiger partial charge in [0.15, 0.2) is 5.17 Å². The van der Waals surface area contributed by atoms with Crippen molar-refractivity contribution in [3.05, 3.63) is 95.8 Å². The van der Waals surface area contributed by atoms with E-state index in [0.717, 1.165) is 16.8 Å². The first-order chi connectivity index (χ1) is 17.5. The number of hydrogen-bond donors (Lipinski definition) is 1. The first-order valence-electron chi connectivity index (χ1n) is 11.4. The number of halogens is 1. The summed E-state index contributed by atoms with van der Waals surface area (Å²) in [7, 11) is 1.55. The molecule has 2 heterocycles. The summed E-state index contributed by atoms with van der Waals surface area (Å²) in [4.78, 5) is 29.6. The number of carbonyl (C=O) groups is 2. The van der Waals surface area contributed by atoms with E-state index >= 15 is 0 Å². The molecule has 0 spiro atoms. The van der Waals surface area contributed by atoms with Crippen LogP contribution in [0.1, 0.15) is 30.0 Å². The van der Waals surface area contributed by atoms with Gasteiger partial charge in [-0.1, -0.05) is 60.3 Å². The second kappa shape index (κ2) is 10.3. The SMILES string of the molecule is COc1cccc(NC(=O)C[C@H]2SC(N3N=C(c4ccccc4)C[C@@H]3c3ccc(F)cc3)=NC2=O)c1. The van der Waals surface area contributed by atoms with Gasteiger partial charge in [0.25, 0.3) is 5.91 Å². The first-order valence-corrected chi connectivity index (χ1v) is 12.3. The molecule has 2 aliphatic rings. The fraction of sp³-hybridized carbons (Fsp3) is 0.185. The monoisotopic (exact) mass is 502 g/mol. The molecule has 2 amide bonds. The molecule has 0 bridgehead atoms. The predicted octanol–water partition coefficient (Wildman–Crippen LogP) is 5.01. The fourth-order valence-electron chi connectivity index (χ4n) is 4.12. The zero-order valence-electron chi connectivity index (χ0n) is 19.4. The van der Waals surface area contributed by atoms with Gasteiger partial charge in [-0.3, -0.25) is 9.59 Å². The Bertz CT molecular complexity index is 1340. The Morgan fingerprint density at radius 2 is 1.89 bits per heavy atom. The molecule has 0 saturated carbocycles. The second-order valence-corrected chi connectivity index (χ2v) is 9.52. The summed E-state index contributed by atoms with van der Waals surface area (Å²) in [5, 5.41) is 9.09. The molecule has 36 heavy (non-hydrogen) atoms. The van der Waals surface area contributed by atoms with Crippen molar-refractivity contribution in [3.63, 3.8) is 0 Å². The summed E-state index contributed by atoms with van der Waals surface area (Å²) < 4.78 is 18.8. The molecule has 3 aromatic carbocycles. The van der Waals surface area contributed by atoms with Crippen molar-refractivity contribution in [1.82, 2.24) is 5.01 Å². The highest BCUT2D eigenvalue weighted by molar-refractivity contribution is 8.15. The van der Waals surface area contributed by atoms with Crippen LogP contribution < -0.4 is 10.1 Å². The summed E-state index contributed by atoms with van der Waals surface area (Å²) in [6.45, 7) is 0. The van der Waals surface area contributed by atoms with Crippen molar-refractivity contribution in [1.29, 1.82) is 0 Å². The number of anilines is 1. The van der Waals surface area contributed by atoms with Crippen LogP contribution in [0.5, 0.6) is 5.75 Å². The van der Waals surface area contributed by atoms with Gasteiger partial charge in [0, 0.05) is 24.6 Å². The van der Waals surface area contributed by atoms with Crippen molar-refractivity contribution in [3.8, 4) is 5.75 Å². The first kappa shape index (κ1) is 23.7. The van der Waals surface area contributed by atoms with Crippen LogP contribution in [-0.2, 0) is 9.59 Å². The molecule has 3 aromatic rings. The maximum absolute atomic E-state index is 13.6. The Balaban J connectivity index is 1.33. The topological polar surface area (TPSA) is 83.4 Å². The van der Waals surface area contributed by atoms with Crippen LogP contribution in [-0.4, -0.2) is 40.1 Å². The molecule has 0 unspecified atom stereocenters. The summed E-state index contributed by atoms with van der Waals surface area (Å²) in [5.41, 5.74) is 3.26. The smallest absolute Gasteiger partial charge is 0.262 e. The van der Waals surface area contributed by atoms with E-state index in [1.165, 1.54) is 23.9 Å². The van der Waals surface area contributed by atoms with Gasteiger partial charge >= 0.3 is 0 Å². The quantitative estimate of drug-likeness (QED) is 0.512. The Morgan fingerprint density at radius 1 is 1.11 bits per heavy atom. The number of ether oxygens (including phenoxy) is 1. The Labute approximate surface area is 212 Å². The molecular weight excluding hydrogens is 479 g/mol. The van der Waals surface area contributed by atoms with Crippen LogP contribution in [0.15, 0.2) is 89.0 Å². The maximum Gasteiger partial charge on any atom is 0.262 e. The van der Waals surface area contributed by atoms with Crippen LogP contribution >= 0.6 is 11.8 Å². The Hall–Kier alpha value is -3.98. The van der Waals surface area contributed by atoms with Crippen LogP contribution in [0.2, 0.25) is 0 Å². The molecule has 0 aliphatic carbocycles. The van der Waals surface area contributed by atoms with Gasteiger partial charge in [-0.25, -0.2) is 9.40 Å². The van der Waals surface area contributed by atoms with E-state index in [1.807, 2.05) is 30.3 Å². The maximum atomic E-state index is 13.6. The molecule has 2 atom stereocenters. The van der Waals surface area contributed by atoms with Gasteiger partial charge in [-0.05, 0) is 35.4 Å². The lowest BCUT2D eigenvalue weighted by molar-refractivity contribution is -0.121. The Morgan fingerprint density at radius 3 is 2.64 bits per heavy atom. The van der Waals surface area contributed by atoms with E-state index in [4.69, 9.17) is 9.84 Å². The van der Waals surface area contributed by atoms with Crippen molar-refractivity contribution >= 4 is 40.1 Å². The standard InChI is InChI=1S/C27H23FN4O3S/c1-35-21-9-5-8-20(14-21)29-25(33)16-24-26(34)30-27(36-24)32-23(18-10-12-19(28)13-11-18)15-22(31-32)17-6-3-2-4-7-17/h2-14,23-24H,15-16H2,1H3,(H,29,33)/t23-,24-/m1/s1. The number of nitrogens with one attached hydrogen (secondary N) is 1. The highest BCUT2D eigenvalue weighted by atomic mass is 32.2. The summed E-state index contributed by atoms with van der Waals surface area (Å²) in [5.74, 6) is -0.373. The molecule has 2 aliphatic heterocycles. The number of aliphatic imine (C=N–C) groups is 1. The average Bonchev–Trinajstić information content (AvgIpc) is 3.49. The minimum atomic E-state index is -0.657. The van der Waals surface area contributed by atoms with E-state index < -0.39 is 5.25 Å². The molecular formula is C27H23FN4O3S. The van der Waals surface area contributed by atoms with E-state index in [0.29, 0.717) is 23.0 Å². The molecule has 1 N–H and O–H groups in total. The Kier molecular flexibility index (Phi) is 6.81. The lowest BCUT2D eigenvalue weighted by Crippen LogP contribution is -2.25. The third-order valence-electron chi connectivity index (χ3n) is 5.92. The molecule has 5 rings (SSSR count). The lowest BCUT2D eigenvalue weighted by Gasteiger charge is -2.23. The number of hydrogen-bond acceptors (Lipinski definition) is 6. The zero-order valence-corrected chi connectivity index (χ0v) is 20.2. The van der Waals surface area contributed by atoms with Crippen molar-refractivity contribution < 1.29 is 18.7 Å². The lowest BCUT2D eigenvalue weighted by atomic mass is 9.99. The van der Waals surface area contributed by atoms with Crippen molar-refractivity contribution in [2.24, 2.45) is 10.1 Å². The van der Waals surface area contributed by atoms with Gasteiger partial charge in [0.1, 0.15) is 16.8 Å². The number of benzene rings is 3. The number of amidine groups is 1. The van der Waals surface area contributed by atoms with E-state index in [2.05, 4.69) is 10.3 Å². The third kappa shape index (κ3) is 5.16. The van der Waals surface area contributed by atoms with Crippen LogP contribution in [0.4, 0.5) is 10.1 Å². The predicted molar refractivity (Wildman–Crippen MR) is 139 cm³/mol. The van der Waals surface area contributed by atoms with Gasteiger partial charge in [-0.15, -0.1) is 0 Å². The van der Waals surface area contributed by atoms with Crippen LogP contribution in [0, 0.1) is 5.82 Å². The van der Waals surface area contributed by atoms with Gasteiger partial charge < -0.3 is 10.1 Å². The normalized spacial score (nSPS) is 19.2.